The molecule has 2 aromatic heterocycles. The minimum absolute atomic E-state index is 0.300. The Morgan fingerprint density at radius 1 is 0.714 bits per heavy atom. The molecule has 0 saturated heterocycles. The average Bonchev–Trinajstić information content (AvgIpc) is 2.34. The van der Waals surface area contributed by atoms with Crippen LogP contribution in [0.5, 0.6) is 11.8 Å². The van der Waals surface area contributed by atoms with E-state index < -0.39 is 34.3 Å². The molecular weight excluding hydrogens is 284 g/mol. The van der Waals surface area contributed by atoms with Crippen LogP contribution in [0.25, 0.3) is 12.2 Å². The summed E-state index contributed by atoms with van der Waals surface area (Å²) in [5, 5.41) is 18.8. The summed E-state index contributed by atoms with van der Waals surface area (Å²) in [7, 11) is 0. The lowest BCUT2D eigenvalue weighted by atomic mass is 10.2. The highest BCUT2D eigenvalue weighted by atomic mass is 16.3. The van der Waals surface area contributed by atoms with E-state index in [1.54, 1.807) is 0 Å². The maximum atomic E-state index is 11.4. The summed E-state index contributed by atoms with van der Waals surface area (Å²) in [6, 6.07) is 0. The molecule has 0 spiro atoms. The lowest BCUT2D eigenvalue weighted by Gasteiger charge is -1.95. The Kier molecular flexibility index (Phi) is 3.46. The summed E-state index contributed by atoms with van der Waals surface area (Å²) in [6.07, 6.45) is 1.96. The van der Waals surface area contributed by atoms with Crippen molar-refractivity contribution in [3.8, 4) is 11.8 Å². The summed E-state index contributed by atoms with van der Waals surface area (Å²) in [5.41, 5.74) is -1.72. The van der Waals surface area contributed by atoms with Crippen LogP contribution in [0.4, 0.5) is 0 Å². The van der Waals surface area contributed by atoms with Gasteiger partial charge in [-0.25, -0.2) is 9.59 Å². The Hall–Kier alpha value is -3.52. The Balaban J connectivity index is 2.53. The molecule has 2 rings (SSSR count). The van der Waals surface area contributed by atoms with Crippen LogP contribution in [0.15, 0.2) is 24.9 Å². The first-order valence-electron chi connectivity index (χ1n) is 5.42. The fourth-order valence-electron chi connectivity index (χ4n) is 1.44. The third-order valence-corrected chi connectivity index (χ3v) is 2.37. The number of aromatic amines is 4. The minimum atomic E-state index is -0.881. The number of hydrogen-bond donors (Lipinski definition) is 6. The molecule has 108 valence electrons. The van der Waals surface area contributed by atoms with E-state index in [1.807, 2.05) is 19.9 Å². The first-order chi connectivity index (χ1) is 9.88. The van der Waals surface area contributed by atoms with Crippen molar-refractivity contribution in [1.29, 1.82) is 0 Å². The van der Waals surface area contributed by atoms with E-state index in [2.05, 4.69) is 5.73 Å². The van der Waals surface area contributed by atoms with Gasteiger partial charge in [-0.05, 0) is 12.2 Å². The van der Waals surface area contributed by atoms with E-state index >= 15 is 0 Å². The second-order valence-corrected chi connectivity index (χ2v) is 3.80. The standard InChI is InChI=1S/C11H8N4O6/c16-6-4(7(17)13-10(20)12-6)2-1-3-5-8(18)14-11(21)15-9(5)19/h2-3H,(H3,12,13,16,17,20)(H3,14,15,18,19,21). The van der Waals surface area contributed by atoms with Gasteiger partial charge >= 0.3 is 11.4 Å². The zero-order chi connectivity index (χ0) is 15.6. The molecule has 2 heterocycles. The number of aromatic nitrogens is 4. The fourth-order valence-corrected chi connectivity index (χ4v) is 1.44. The molecule has 10 heteroatoms. The lowest BCUT2D eigenvalue weighted by Crippen LogP contribution is -2.23. The summed E-state index contributed by atoms with van der Waals surface area (Å²) >= 11 is 0. The molecule has 21 heavy (non-hydrogen) atoms. The third-order valence-electron chi connectivity index (χ3n) is 2.37. The van der Waals surface area contributed by atoms with E-state index in [0.29, 0.717) is 0 Å². The van der Waals surface area contributed by atoms with Crippen molar-refractivity contribution >= 4 is 12.2 Å². The highest BCUT2D eigenvalue weighted by Crippen LogP contribution is 2.08. The second-order valence-electron chi connectivity index (χ2n) is 3.80. The average molecular weight is 292 g/mol. The van der Waals surface area contributed by atoms with Gasteiger partial charge in [-0.1, -0.05) is 0 Å². The predicted molar refractivity (Wildman–Crippen MR) is 71.1 cm³/mol. The van der Waals surface area contributed by atoms with Crippen LogP contribution in [0.3, 0.4) is 0 Å². The van der Waals surface area contributed by atoms with E-state index in [0.717, 1.165) is 12.2 Å². The number of H-pyrrole nitrogens is 4. The van der Waals surface area contributed by atoms with E-state index in [9.17, 15) is 29.4 Å². The summed E-state index contributed by atoms with van der Waals surface area (Å²) in [5.74, 6) is -1.35. The molecule has 10 nitrogen and oxygen atoms in total. The molecule has 2 aromatic rings. The van der Waals surface area contributed by atoms with E-state index in [4.69, 9.17) is 0 Å². The lowest BCUT2D eigenvalue weighted by molar-refractivity contribution is 0.446. The van der Waals surface area contributed by atoms with Gasteiger partial charge in [-0.3, -0.25) is 29.5 Å². The molecule has 0 atom stereocenters. The molecule has 0 bridgehead atoms. The van der Waals surface area contributed by atoms with Gasteiger partial charge in [0.15, 0.2) is 0 Å². The van der Waals surface area contributed by atoms with Crippen molar-refractivity contribution in [3.63, 3.8) is 0 Å². The fraction of sp³-hybridized carbons (Fsp3) is 0. The molecule has 0 radical (unpaired) electrons. The minimum Gasteiger partial charge on any atom is -0.494 e. The van der Waals surface area contributed by atoms with Crippen LogP contribution >= 0.6 is 0 Å². The van der Waals surface area contributed by atoms with Crippen LogP contribution in [0.2, 0.25) is 0 Å². The van der Waals surface area contributed by atoms with E-state index in [-0.39, 0.29) is 11.1 Å². The highest BCUT2D eigenvalue weighted by Gasteiger charge is 2.05. The van der Waals surface area contributed by atoms with Gasteiger partial charge in [0.1, 0.15) is 11.1 Å². The van der Waals surface area contributed by atoms with E-state index in [1.165, 1.54) is 0 Å². The quantitative estimate of drug-likeness (QED) is 0.355. The molecule has 0 aliphatic heterocycles. The Bertz CT molecular complexity index is 906. The van der Waals surface area contributed by atoms with Gasteiger partial charge in [0.05, 0.1) is 0 Å². The second kappa shape index (κ2) is 5.23. The Morgan fingerprint density at radius 3 is 1.43 bits per heavy atom. The van der Waals surface area contributed by atoms with Gasteiger partial charge in [0.25, 0.3) is 11.1 Å². The van der Waals surface area contributed by atoms with Gasteiger partial charge in [-0.2, -0.15) is 0 Å². The van der Waals surface area contributed by atoms with Gasteiger partial charge in [-0.15, -0.1) is 5.73 Å². The normalized spacial score (nSPS) is 9.90. The third kappa shape index (κ3) is 2.91. The summed E-state index contributed by atoms with van der Waals surface area (Å²) < 4.78 is 0. The first kappa shape index (κ1) is 13.9. The van der Waals surface area contributed by atoms with Crippen molar-refractivity contribution in [2.45, 2.75) is 0 Å². The zero-order valence-electron chi connectivity index (χ0n) is 10.2. The van der Waals surface area contributed by atoms with Crippen molar-refractivity contribution < 1.29 is 10.2 Å². The van der Waals surface area contributed by atoms with Gasteiger partial charge in [0, 0.05) is 0 Å². The van der Waals surface area contributed by atoms with Crippen LogP contribution in [0.1, 0.15) is 11.1 Å². The Morgan fingerprint density at radius 2 is 1.10 bits per heavy atom. The maximum absolute atomic E-state index is 11.4. The molecule has 0 aliphatic carbocycles. The molecule has 6 N–H and O–H groups in total. The topological polar surface area (TPSA) is 172 Å². The molecule has 0 fully saturated rings. The number of nitrogens with one attached hydrogen (secondary N) is 4. The molecule has 0 saturated carbocycles. The van der Waals surface area contributed by atoms with Crippen molar-refractivity contribution in [1.82, 2.24) is 19.9 Å². The van der Waals surface area contributed by atoms with Crippen molar-refractivity contribution in [2.75, 3.05) is 0 Å². The number of aromatic hydroxyl groups is 2. The van der Waals surface area contributed by atoms with Gasteiger partial charge < -0.3 is 10.2 Å². The zero-order valence-corrected chi connectivity index (χ0v) is 10.2. The molecular formula is C11H8N4O6. The van der Waals surface area contributed by atoms with Crippen molar-refractivity contribution in [3.05, 3.63) is 58.5 Å². The highest BCUT2D eigenvalue weighted by molar-refractivity contribution is 5.60. The SMILES string of the molecule is O=c1[nH]c(O)c(C=C=Cc2c(O)[nH]c(=O)[nH]c2=O)c(=O)[nH]1. The van der Waals surface area contributed by atoms with Crippen LogP contribution in [-0.4, -0.2) is 30.1 Å². The molecule has 0 aliphatic rings. The monoisotopic (exact) mass is 292 g/mol. The van der Waals surface area contributed by atoms with Crippen LogP contribution < -0.4 is 22.5 Å². The summed E-state index contributed by atoms with van der Waals surface area (Å²) in [4.78, 5) is 52.2. The predicted octanol–water partition coefficient (Wildman–Crippen LogP) is -1.82. The molecule has 0 unspecified atom stereocenters. The largest absolute Gasteiger partial charge is 0.494 e. The number of rotatable bonds is 2. The smallest absolute Gasteiger partial charge is 0.328 e. The molecule has 0 amide bonds. The van der Waals surface area contributed by atoms with Crippen LogP contribution in [-0.2, 0) is 0 Å². The maximum Gasteiger partial charge on any atom is 0.328 e. The summed E-state index contributed by atoms with van der Waals surface area (Å²) in [6.45, 7) is 0. The molecule has 0 aromatic carbocycles. The Labute approximate surface area is 113 Å². The first-order valence-corrected chi connectivity index (χ1v) is 5.42. The van der Waals surface area contributed by atoms with Gasteiger partial charge in [0.2, 0.25) is 11.8 Å². The van der Waals surface area contributed by atoms with Crippen molar-refractivity contribution in [2.24, 2.45) is 0 Å². The van der Waals surface area contributed by atoms with Crippen LogP contribution in [0, 0.1) is 0 Å². The number of hydrogen-bond acceptors (Lipinski definition) is 6.